The van der Waals surface area contributed by atoms with Gasteiger partial charge in [0.15, 0.2) is 0 Å². The summed E-state index contributed by atoms with van der Waals surface area (Å²) in [4.78, 5) is 15.2. The third kappa shape index (κ3) is 2.53. The van der Waals surface area contributed by atoms with Crippen molar-refractivity contribution < 1.29 is 9.90 Å². The van der Waals surface area contributed by atoms with E-state index >= 15 is 0 Å². The molecule has 0 unspecified atom stereocenters. The van der Waals surface area contributed by atoms with Crippen LogP contribution in [0.15, 0.2) is 24.3 Å². The minimum atomic E-state index is -0.880. The zero-order valence-corrected chi connectivity index (χ0v) is 10.2. The zero-order valence-electron chi connectivity index (χ0n) is 10.2. The lowest BCUT2D eigenvalue weighted by molar-refractivity contribution is -0.146. The molecular weight excluding hydrogens is 232 g/mol. The van der Waals surface area contributed by atoms with E-state index in [-0.39, 0.29) is 6.54 Å². The van der Waals surface area contributed by atoms with Gasteiger partial charge in [-0.3, -0.25) is 4.79 Å². The van der Waals surface area contributed by atoms with Crippen molar-refractivity contribution in [3.63, 3.8) is 0 Å². The molecule has 0 fully saturated rings. The van der Waals surface area contributed by atoms with E-state index in [1.165, 1.54) is 0 Å². The number of hydrogen-bond acceptors (Lipinski definition) is 5. The van der Waals surface area contributed by atoms with E-state index in [2.05, 4.69) is 20.5 Å². The fourth-order valence-electron chi connectivity index (χ4n) is 1.33. The maximum atomic E-state index is 11.0. The number of para-hydroxylation sites is 1. The molecular formula is C12H14N4O2. The predicted molar refractivity (Wildman–Crippen MR) is 67.2 cm³/mol. The van der Waals surface area contributed by atoms with Crippen LogP contribution in [0.25, 0.3) is 11.0 Å². The maximum Gasteiger partial charge on any atom is 0.310 e. The molecule has 18 heavy (non-hydrogen) atoms. The van der Waals surface area contributed by atoms with E-state index < -0.39 is 11.4 Å². The molecule has 1 aromatic heterocycles. The van der Waals surface area contributed by atoms with Crippen LogP contribution in [0.4, 0.5) is 5.95 Å². The van der Waals surface area contributed by atoms with Crippen LogP contribution in [0.2, 0.25) is 0 Å². The van der Waals surface area contributed by atoms with Gasteiger partial charge < -0.3 is 10.4 Å². The Hall–Kier alpha value is -2.24. The van der Waals surface area contributed by atoms with Gasteiger partial charge in [0, 0.05) is 6.54 Å². The lowest BCUT2D eigenvalue weighted by Gasteiger charge is -2.19. The van der Waals surface area contributed by atoms with Gasteiger partial charge in [0.2, 0.25) is 5.95 Å². The quantitative estimate of drug-likeness (QED) is 0.850. The monoisotopic (exact) mass is 246 g/mol. The van der Waals surface area contributed by atoms with Crippen molar-refractivity contribution >= 4 is 23.0 Å². The second-order valence-corrected chi connectivity index (χ2v) is 4.67. The topological polar surface area (TPSA) is 88.0 Å². The van der Waals surface area contributed by atoms with Crippen molar-refractivity contribution in [2.24, 2.45) is 5.41 Å². The first-order valence-corrected chi connectivity index (χ1v) is 5.56. The number of fused-ring (bicyclic) bond motifs is 1. The number of rotatable bonds is 4. The number of carbonyl (C=O) groups is 1. The van der Waals surface area contributed by atoms with Gasteiger partial charge in [-0.15, -0.1) is 10.2 Å². The number of aromatic nitrogens is 3. The highest BCUT2D eigenvalue weighted by atomic mass is 16.4. The molecule has 0 aliphatic heterocycles. The van der Waals surface area contributed by atoms with Crippen LogP contribution in [-0.2, 0) is 4.79 Å². The molecule has 0 saturated heterocycles. The summed E-state index contributed by atoms with van der Waals surface area (Å²) in [5.41, 5.74) is 0.554. The van der Waals surface area contributed by atoms with Crippen LogP contribution < -0.4 is 5.32 Å². The van der Waals surface area contributed by atoms with E-state index in [0.29, 0.717) is 11.5 Å². The molecule has 6 heteroatoms. The van der Waals surface area contributed by atoms with E-state index in [1.54, 1.807) is 13.8 Å². The van der Waals surface area contributed by atoms with Gasteiger partial charge in [-0.25, -0.2) is 4.98 Å². The molecule has 0 radical (unpaired) electrons. The van der Waals surface area contributed by atoms with E-state index in [4.69, 9.17) is 5.11 Å². The number of hydrogen-bond donors (Lipinski definition) is 2. The van der Waals surface area contributed by atoms with Crippen molar-refractivity contribution in [1.82, 2.24) is 15.2 Å². The smallest absolute Gasteiger partial charge is 0.310 e. The van der Waals surface area contributed by atoms with Crippen LogP contribution in [0, 0.1) is 5.41 Å². The summed E-state index contributed by atoms with van der Waals surface area (Å²) < 4.78 is 0. The number of carboxylic acid groups (broad SMARTS) is 1. The molecule has 0 atom stereocenters. The predicted octanol–water partition coefficient (Wildman–Crippen LogP) is 1.55. The van der Waals surface area contributed by atoms with Gasteiger partial charge in [-0.05, 0) is 26.0 Å². The molecule has 0 aliphatic carbocycles. The van der Waals surface area contributed by atoms with E-state index in [0.717, 1.165) is 5.52 Å². The minimum absolute atomic E-state index is 0.238. The SMILES string of the molecule is CC(C)(CNc1nnc2ccccc2n1)C(=O)O. The lowest BCUT2D eigenvalue weighted by atomic mass is 9.94. The van der Waals surface area contributed by atoms with Crippen LogP contribution in [0.5, 0.6) is 0 Å². The van der Waals surface area contributed by atoms with Crippen molar-refractivity contribution in [2.45, 2.75) is 13.8 Å². The van der Waals surface area contributed by atoms with E-state index in [1.807, 2.05) is 24.3 Å². The van der Waals surface area contributed by atoms with Gasteiger partial charge in [-0.1, -0.05) is 12.1 Å². The highest BCUT2D eigenvalue weighted by Gasteiger charge is 2.27. The Morgan fingerprint density at radius 3 is 2.61 bits per heavy atom. The number of anilines is 1. The van der Waals surface area contributed by atoms with Gasteiger partial charge in [0.25, 0.3) is 0 Å². The summed E-state index contributed by atoms with van der Waals surface area (Å²) in [7, 11) is 0. The Morgan fingerprint density at radius 2 is 1.94 bits per heavy atom. The maximum absolute atomic E-state index is 11.0. The minimum Gasteiger partial charge on any atom is -0.481 e. The Labute approximate surface area is 104 Å². The number of nitrogens with zero attached hydrogens (tertiary/aromatic N) is 3. The summed E-state index contributed by atoms with van der Waals surface area (Å²) >= 11 is 0. The molecule has 94 valence electrons. The van der Waals surface area contributed by atoms with Gasteiger partial charge in [0.05, 0.1) is 10.9 Å². The first-order chi connectivity index (χ1) is 8.49. The largest absolute Gasteiger partial charge is 0.481 e. The number of aliphatic carboxylic acids is 1. The second kappa shape index (κ2) is 4.56. The summed E-state index contributed by atoms with van der Waals surface area (Å²) in [5.74, 6) is -0.535. The number of benzene rings is 1. The molecule has 1 aromatic carbocycles. The molecule has 2 N–H and O–H groups in total. The Balaban J connectivity index is 2.15. The van der Waals surface area contributed by atoms with Crippen molar-refractivity contribution in [1.29, 1.82) is 0 Å². The zero-order chi connectivity index (χ0) is 13.2. The number of nitrogens with one attached hydrogen (secondary N) is 1. The Bertz CT molecular complexity index is 583. The molecule has 0 amide bonds. The third-order valence-corrected chi connectivity index (χ3v) is 2.63. The average Bonchev–Trinajstić information content (AvgIpc) is 2.36. The van der Waals surface area contributed by atoms with Crippen LogP contribution in [-0.4, -0.2) is 32.8 Å². The Kier molecular flexibility index (Phi) is 3.10. The van der Waals surface area contributed by atoms with Gasteiger partial charge >= 0.3 is 5.97 Å². The molecule has 0 bridgehead atoms. The van der Waals surface area contributed by atoms with Crippen molar-refractivity contribution in [3.05, 3.63) is 24.3 Å². The first kappa shape index (κ1) is 12.2. The standard InChI is InChI=1S/C12H14N4O2/c1-12(2,10(17)18)7-13-11-14-8-5-3-4-6-9(8)15-16-11/h3-6H,7H2,1-2H3,(H,17,18)(H,13,14,16). The normalized spacial score (nSPS) is 11.4. The number of carboxylic acids is 1. The average molecular weight is 246 g/mol. The van der Waals surface area contributed by atoms with Gasteiger partial charge in [-0.2, -0.15) is 0 Å². The summed E-state index contributed by atoms with van der Waals surface area (Å²) in [5, 5.41) is 19.8. The highest BCUT2D eigenvalue weighted by Crippen LogP contribution is 2.16. The van der Waals surface area contributed by atoms with E-state index in [9.17, 15) is 4.79 Å². The fourth-order valence-corrected chi connectivity index (χ4v) is 1.33. The fraction of sp³-hybridized carbons (Fsp3) is 0.333. The molecule has 6 nitrogen and oxygen atoms in total. The molecule has 0 saturated carbocycles. The summed E-state index contributed by atoms with van der Waals surface area (Å²) in [6.45, 7) is 3.51. The van der Waals surface area contributed by atoms with Crippen molar-refractivity contribution in [3.8, 4) is 0 Å². The molecule has 2 aromatic rings. The molecule has 1 heterocycles. The van der Waals surface area contributed by atoms with Gasteiger partial charge in [0.1, 0.15) is 5.52 Å². The third-order valence-electron chi connectivity index (χ3n) is 2.63. The first-order valence-electron chi connectivity index (χ1n) is 5.56. The Morgan fingerprint density at radius 1 is 1.28 bits per heavy atom. The van der Waals surface area contributed by atoms with Crippen LogP contribution in [0.1, 0.15) is 13.8 Å². The second-order valence-electron chi connectivity index (χ2n) is 4.67. The summed E-state index contributed by atoms with van der Waals surface area (Å²) in [6, 6.07) is 7.37. The highest BCUT2D eigenvalue weighted by molar-refractivity contribution is 5.75. The van der Waals surface area contributed by atoms with Crippen molar-refractivity contribution in [2.75, 3.05) is 11.9 Å². The lowest BCUT2D eigenvalue weighted by Crippen LogP contribution is -2.32. The van der Waals surface area contributed by atoms with Crippen LogP contribution in [0.3, 0.4) is 0 Å². The molecule has 0 aliphatic rings. The summed E-state index contributed by atoms with van der Waals surface area (Å²) in [6.07, 6.45) is 0. The molecule has 2 rings (SSSR count). The van der Waals surface area contributed by atoms with Crippen LogP contribution >= 0.6 is 0 Å². The molecule has 0 spiro atoms.